The summed E-state index contributed by atoms with van der Waals surface area (Å²) in [6.45, 7) is 7.70. The van der Waals surface area contributed by atoms with E-state index in [1.165, 1.54) is 12.8 Å². The van der Waals surface area contributed by atoms with Gasteiger partial charge < -0.3 is 10.0 Å². The van der Waals surface area contributed by atoms with Crippen molar-refractivity contribution in [1.82, 2.24) is 4.90 Å². The monoisotopic (exact) mass is 241 g/mol. The van der Waals surface area contributed by atoms with E-state index in [0.29, 0.717) is 0 Å². The van der Waals surface area contributed by atoms with Crippen molar-refractivity contribution in [2.45, 2.75) is 39.2 Å². The van der Waals surface area contributed by atoms with E-state index in [2.05, 4.69) is 18.7 Å². The van der Waals surface area contributed by atoms with Gasteiger partial charge in [0.25, 0.3) is 0 Å². The highest BCUT2D eigenvalue weighted by molar-refractivity contribution is 7.10. The average molecular weight is 241 g/mol. The molecule has 0 bridgehead atoms. The number of nitrogens with zero attached hydrogens (tertiary/aromatic N) is 1. The number of hydrogen-bond acceptors (Lipinski definition) is 3. The molecule has 0 spiro atoms. The van der Waals surface area contributed by atoms with Gasteiger partial charge in [0.05, 0.1) is 6.10 Å². The summed E-state index contributed by atoms with van der Waals surface area (Å²) in [5.41, 5.74) is 0. The highest BCUT2D eigenvalue weighted by atomic mass is 32.1. The Morgan fingerprint density at radius 1 is 1.25 bits per heavy atom. The second-order valence-electron chi connectivity index (χ2n) is 4.16. The van der Waals surface area contributed by atoms with Crippen LogP contribution in [-0.2, 0) is 0 Å². The van der Waals surface area contributed by atoms with E-state index in [1.807, 2.05) is 17.5 Å². The minimum Gasteiger partial charge on any atom is -0.388 e. The zero-order valence-corrected chi connectivity index (χ0v) is 11.2. The summed E-state index contributed by atoms with van der Waals surface area (Å²) < 4.78 is 0. The first kappa shape index (κ1) is 13.7. The quantitative estimate of drug-likeness (QED) is 0.755. The summed E-state index contributed by atoms with van der Waals surface area (Å²) in [7, 11) is 0. The van der Waals surface area contributed by atoms with Gasteiger partial charge in [-0.3, -0.25) is 0 Å². The zero-order valence-electron chi connectivity index (χ0n) is 10.4. The SMILES string of the molecule is CCCN(CCC)CC[C@H](O)c1cccs1. The summed E-state index contributed by atoms with van der Waals surface area (Å²) in [4.78, 5) is 3.53. The minimum absolute atomic E-state index is 0.281. The van der Waals surface area contributed by atoms with Gasteiger partial charge in [0.1, 0.15) is 0 Å². The molecule has 0 fully saturated rings. The normalized spacial score (nSPS) is 13.2. The van der Waals surface area contributed by atoms with E-state index in [9.17, 15) is 5.11 Å². The van der Waals surface area contributed by atoms with Crippen molar-refractivity contribution in [3.8, 4) is 0 Å². The molecule has 0 unspecified atom stereocenters. The molecule has 1 atom stereocenters. The van der Waals surface area contributed by atoms with Crippen molar-refractivity contribution in [1.29, 1.82) is 0 Å². The largest absolute Gasteiger partial charge is 0.388 e. The van der Waals surface area contributed by atoms with Crippen LogP contribution < -0.4 is 0 Å². The lowest BCUT2D eigenvalue weighted by Gasteiger charge is -2.22. The highest BCUT2D eigenvalue weighted by Crippen LogP contribution is 2.21. The van der Waals surface area contributed by atoms with Crippen LogP contribution in [0.2, 0.25) is 0 Å². The van der Waals surface area contributed by atoms with E-state index in [0.717, 1.165) is 30.9 Å². The molecule has 1 aromatic rings. The summed E-state index contributed by atoms with van der Waals surface area (Å²) in [6, 6.07) is 4.01. The topological polar surface area (TPSA) is 23.5 Å². The standard InChI is InChI=1S/C13H23NOS/c1-3-8-14(9-4-2)10-7-12(15)13-6-5-11-16-13/h5-6,11-12,15H,3-4,7-10H2,1-2H3/t12-/m0/s1. The number of hydrogen-bond donors (Lipinski definition) is 1. The summed E-state index contributed by atoms with van der Waals surface area (Å²) in [6.07, 6.45) is 2.95. The summed E-state index contributed by atoms with van der Waals surface area (Å²) in [5.74, 6) is 0. The fourth-order valence-corrected chi connectivity index (χ4v) is 2.64. The molecule has 3 heteroatoms. The lowest BCUT2D eigenvalue weighted by Crippen LogP contribution is -2.27. The van der Waals surface area contributed by atoms with Crippen LogP contribution in [0.5, 0.6) is 0 Å². The molecular formula is C13H23NOS. The Morgan fingerprint density at radius 2 is 1.94 bits per heavy atom. The van der Waals surface area contributed by atoms with Crippen molar-refractivity contribution in [2.75, 3.05) is 19.6 Å². The van der Waals surface area contributed by atoms with E-state index in [-0.39, 0.29) is 6.10 Å². The predicted molar refractivity (Wildman–Crippen MR) is 70.9 cm³/mol. The van der Waals surface area contributed by atoms with Gasteiger partial charge in [0.15, 0.2) is 0 Å². The first-order valence-electron chi connectivity index (χ1n) is 6.21. The van der Waals surface area contributed by atoms with Crippen molar-refractivity contribution in [3.05, 3.63) is 22.4 Å². The Hall–Kier alpha value is -0.380. The van der Waals surface area contributed by atoms with Gasteiger partial charge in [-0.15, -0.1) is 11.3 Å². The average Bonchev–Trinajstić information content (AvgIpc) is 2.79. The molecule has 92 valence electrons. The third kappa shape index (κ3) is 4.64. The van der Waals surface area contributed by atoms with Crippen molar-refractivity contribution in [2.24, 2.45) is 0 Å². The molecule has 0 aliphatic carbocycles. The Kier molecular flexibility index (Phi) is 6.69. The maximum Gasteiger partial charge on any atom is 0.0894 e. The highest BCUT2D eigenvalue weighted by Gasteiger charge is 2.10. The number of aliphatic hydroxyl groups excluding tert-OH is 1. The van der Waals surface area contributed by atoms with Gasteiger partial charge in [-0.1, -0.05) is 19.9 Å². The lowest BCUT2D eigenvalue weighted by molar-refractivity contribution is 0.144. The third-order valence-corrected chi connectivity index (χ3v) is 3.64. The van der Waals surface area contributed by atoms with Gasteiger partial charge in [0.2, 0.25) is 0 Å². The van der Waals surface area contributed by atoms with E-state index in [4.69, 9.17) is 0 Å². The van der Waals surface area contributed by atoms with Gasteiger partial charge in [-0.2, -0.15) is 0 Å². The molecule has 1 heterocycles. The van der Waals surface area contributed by atoms with Crippen molar-refractivity contribution in [3.63, 3.8) is 0 Å². The number of thiophene rings is 1. The van der Waals surface area contributed by atoms with Crippen LogP contribution in [0.4, 0.5) is 0 Å². The maximum absolute atomic E-state index is 9.98. The smallest absolute Gasteiger partial charge is 0.0894 e. The molecule has 1 N–H and O–H groups in total. The second kappa shape index (κ2) is 7.82. The molecule has 1 rings (SSSR count). The molecular weight excluding hydrogens is 218 g/mol. The minimum atomic E-state index is -0.281. The van der Waals surface area contributed by atoms with Crippen LogP contribution in [0.3, 0.4) is 0 Å². The number of rotatable bonds is 8. The van der Waals surface area contributed by atoms with Gasteiger partial charge >= 0.3 is 0 Å². The van der Waals surface area contributed by atoms with E-state index >= 15 is 0 Å². The van der Waals surface area contributed by atoms with Gasteiger partial charge in [-0.25, -0.2) is 0 Å². The van der Waals surface area contributed by atoms with Crippen LogP contribution in [0.15, 0.2) is 17.5 Å². The number of aliphatic hydroxyl groups is 1. The zero-order chi connectivity index (χ0) is 11.8. The molecule has 0 aromatic carbocycles. The summed E-state index contributed by atoms with van der Waals surface area (Å²) in [5, 5.41) is 12.0. The fourth-order valence-electron chi connectivity index (χ4n) is 1.90. The Labute approximate surface area is 103 Å². The lowest BCUT2D eigenvalue weighted by atomic mass is 10.2. The second-order valence-corrected chi connectivity index (χ2v) is 5.14. The molecule has 2 nitrogen and oxygen atoms in total. The molecule has 0 aliphatic heterocycles. The van der Waals surface area contributed by atoms with Crippen molar-refractivity contribution >= 4 is 11.3 Å². The van der Waals surface area contributed by atoms with Gasteiger partial charge in [-0.05, 0) is 43.8 Å². The molecule has 0 radical (unpaired) electrons. The van der Waals surface area contributed by atoms with E-state index in [1.54, 1.807) is 11.3 Å². The van der Waals surface area contributed by atoms with Crippen LogP contribution in [0.25, 0.3) is 0 Å². The first-order chi connectivity index (χ1) is 7.77. The Balaban J connectivity index is 2.30. The molecule has 0 saturated heterocycles. The van der Waals surface area contributed by atoms with Crippen LogP contribution >= 0.6 is 11.3 Å². The third-order valence-electron chi connectivity index (χ3n) is 2.67. The summed E-state index contributed by atoms with van der Waals surface area (Å²) >= 11 is 1.64. The van der Waals surface area contributed by atoms with Crippen LogP contribution in [0, 0.1) is 0 Å². The maximum atomic E-state index is 9.98. The molecule has 0 aliphatic rings. The van der Waals surface area contributed by atoms with E-state index < -0.39 is 0 Å². The Morgan fingerprint density at radius 3 is 2.44 bits per heavy atom. The molecule has 16 heavy (non-hydrogen) atoms. The Bertz CT molecular complexity index is 255. The molecule has 1 aromatic heterocycles. The van der Waals surface area contributed by atoms with Gasteiger partial charge in [0, 0.05) is 11.4 Å². The fraction of sp³-hybridized carbons (Fsp3) is 0.692. The van der Waals surface area contributed by atoms with Crippen molar-refractivity contribution < 1.29 is 5.11 Å². The first-order valence-corrected chi connectivity index (χ1v) is 7.09. The van der Waals surface area contributed by atoms with Crippen LogP contribution in [0.1, 0.15) is 44.1 Å². The predicted octanol–water partition coefficient (Wildman–Crippen LogP) is 3.29. The molecule has 0 amide bonds. The van der Waals surface area contributed by atoms with Crippen LogP contribution in [-0.4, -0.2) is 29.6 Å². The molecule has 0 saturated carbocycles.